The van der Waals surface area contributed by atoms with Crippen LogP contribution in [0.3, 0.4) is 0 Å². The van der Waals surface area contributed by atoms with Crippen molar-refractivity contribution in [2.75, 3.05) is 13.6 Å². The van der Waals surface area contributed by atoms with E-state index in [0.29, 0.717) is 24.5 Å². The van der Waals surface area contributed by atoms with Crippen LogP contribution in [0.2, 0.25) is 0 Å². The topological polar surface area (TPSA) is 74.3 Å². The van der Waals surface area contributed by atoms with E-state index in [1.165, 1.54) is 12.1 Å². The number of guanidine groups is 1. The Morgan fingerprint density at radius 1 is 1.10 bits per heavy atom. The number of nitrogens with one attached hydrogen (secondary N) is 3. The van der Waals surface area contributed by atoms with Crippen molar-refractivity contribution < 1.29 is 17.9 Å². The van der Waals surface area contributed by atoms with Gasteiger partial charge in [-0.05, 0) is 18.2 Å². The van der Waals surface area contributed by atoms with Crippen LogP contribution in [-0.2, 0) is 13.0 Å². The van der Waals surface area contributed by atoms with E-state index in [0.717, 1.165) is 16.9 Å². The number of aromatic amines is 1. The number of alkyl halides is 3. The third-order valence-corrected chi connectivity index (χ3v) is 3.96. The van der Waals surface area contributed by atoms with Gasteiger partial charge in [0.2, 0.25) is 0 Å². The number of aromatic nitrogens is 2. The van der Waals surface area contributed by atoms with Crippen molar-refractivity contribution in [3.63, 3.8) is 0 Å². The van der Waals surface area contributed by atoms with Crippen LogP contribution in [0.4, 0.5) is 13.2 Å². The first kappa shape index (κ1) is 22.8. The Morgan fingerprint density at radius 2 is 1.83 bits per heavy atom. The summed E-state index contributed by atoms with van der Waals surface area (Å²) in [7, 11) is 1.59. The number of para-hydroxylation sites is 3. The number of rotatable bonds is 6. The number of H-pyrrole nitrogens is 1. The highest BCUT2D eigenvalue weighted by molar-refractivity contribution is 14.0. The number of hydrogen-bond acceptors (Lipinski definition) is 3. The maximum atomic E-state index is 12.5. The summed E-state index contributed by atoms with van der Waals surface area (Å²) in [4.78, 5) is 11.8. The molecule has 0 atom stereocenters. The molecule has 0 bridgehead atoms. The molecule has 0 unspecified atom stereocenters. The normalized spacial score (nSPS) is 11.8. The molecule has 10 heteroatoms. The van der Waals surface area contributed by atoms with Gasteiger partial charge in [-0.1, -0.05) is 30.3 Å². The molecule has 1 aromatic heterocycles. The second-order valence-electron chi connectivity index (χ2n) is 5.96. The van der Waals surface area contributed by atoms with E-state index in [4.69, 9.17) is 0 Å². The van der Waals surface area contributed by atoms with Crippen molar-refractivity contribution in [3.05, 3.63) is 59.9 Å². The Hall–Kier alpha value is -2.50. The molecule has 0 saturated heterocycles. The van der Waals surface area contributed by atoms with E-state index < -0.39 is 6.36 Å². The van der Waals surface area contributed by atoms with Crippen molar-refractivity contribution in [2.45, 2.75) is 19.3 Å². The molecular formula is C19H21F3IN5O. The number of imidazole rings is 1. The van der Waals surface area contributed by atoms with Crippen LogP contribution in [0, 0.1) is 0 Å². The molecule has 6 nitrogen and oxygen atoms in total. The third-order valence-electron chi connectivity index (χ3n) is 3.96. The number of aliphatic imine (C=N–C) groups is 1. The van der Waals surface area contributed by atoms with Crippen LogP contribution in [0.25, 0.3) is 11.0 Å². The fourth-order valence-electron chi connectivity index (χ4n) is 2.70. The van der Waals surface area contributed by atoms with Gasteiger partial charge in [0.1, 0.15) is 11.6 Å². The zero-order valence-electron chi connectivity index (χ0n) is 15.6. The molecule has 0 saturated carbocycles. The minimum atomic E-state index is -4.73. The van der Waals surface area contributed by atoms with Gasteiger partial charge in [0.05, 0.1) is 11.0 Å². The van der Waals surface area contributed by atoms with E-state index in [1.807, 2.05) is 24.3 Å². The fraction of sp³-hybridized carbons (Fsp3) is 0.263. The van der Waals surface area contributed by atoms with Gasteiger partial charge in [-0.25, -0.2) is 4.98 Å². The smallest absolute Gasteiger partial charge is 0.405 e. The molecular weight excluding hydrogens is 498 g/mol. The zero-order chi connectivity index (χ0) is 20.0. The van der Waals surface area contributed by atoms with Crippen LogP contribution in [0.15, 0.2) is 53.5 Å². The standard InChI is InChI=1S/C19H20F3N5O.HI/c1-23-18(24-11-10-17-26-14-7-3-4-8-15(14)27-17)25-12-13-6-2-5-9-16(13)28-19(20,21)22;/h2-9H,10-12H2,1H3,(H,26,27)(H2,23,24,25);1H. The Labute approximate surface area is 183 Å². The summed E-state index contributed by atoms with van der Waals surface area (Å²) >= 11 is 0. The van der Waals surface area contributed by atoms with E-state index in [-0.39, 0.29) is 36.3 Å². The number of hydrogen-bond donors (Lipinski definition) is 3. The van der Waals surface area contributed by atoms with E-state index in [1.54, 1.807) is 19.2 Å². The van der Waals surface area contributed by atoms with Crippen LogP contribution < -0.4 is 15.4 Å². The number of ether oxygens (including phenoxy) is 1. The maximum absolute atomic E-state index is 12.5. The van der Waals surface area contributed by atoms with Crippen molar-refractivity contribution in [1.29, 1.82) is 0 Å². The van der Waals surface area contributed by atoms with Gasteiger partial charge in [-0.15, -0.1) is 37.1 Å². The molecule has 0 aliphatic heterocycles. The Morgan fingerprint density at radius 3 is 2.55 bits per heavy atom. The first-order valence-electron chi connectivity index (χ1n) is 8.66. The Balaban J connectivity index is 0.00000300. The van der Waals surface area contributed by atoms with Gasteiger partial charge in [-0.3, -0.25) is 4.99 Å². The molecule has 3 rings (SSSR count). The van der Waals surface area contributed by atoms with Crippen molar-refractivity contribution in [3.8, 4) is 5.75 Å². The minimum Gasteiger partial charge on any atom is -0.405 e. The molecule has 0 aliphatic rings. The van der Waals surface area contributed by atoms with Crippen molar-refractivity contribution in [1.82, 2.24) is 20.6 Å². The van der Waals surface area contributed by atoms with Gasteiger partial charge in [0.25, 0.3) is 0 Å². The van der Waals surface area contributed by atoms with Gasteiger partial charge in [0, 0.05) is 32.1 Å². The lowest BCUT2D eigenvalue weighted by Gasteiger charge is -2.15. The summed E-state index contributed by atoms with van der Waals surface area (Å²) in [6.45, 7) is 0.691. The lowest BCUT2D eigenvalue weighted by atomic mass is 10.2. The molecule has 0 radical (unpaired) electrons. The predicted molar refractivity (Wildman–Crippen MR) is 117 cm³/mol. The second kappa shape index (κ2) is 10.3. The first-order chi connectivity index (χ1) is 13.4. The first-order valence-corrected chi connectivity index (χ1v) is 8.66. The van der Waals surface area contributed by atoms with Crippen LogP contribution in [0.5, 0.6) is 5.75 Å². The Bertz CT molecular complexity index is 925. The summed E-state index contributed by atoms with van der Waals surface area (Å²) in [6.07, 6.45) is -4.09. The van der Waals surface area contributed by atoms with Crippen molar-refractivity contribution in [2.24, 2.45) is 4.99 Å². The molecule has 1 heterocycles. The average molecular weight is 519 g/mol. The number of halogens is 4. The summed E-state index contributed by atoms with van der Waals surface area (Å²) in [5.74, 6) is 1.08. The highest BCUT2D eigenvalue weighted by atomic mass is 127. The Kier molecular flexibility index (Phi) is 8.11. The lowest BCUT2D eigenvalue weighted by molar-refractivity contribution is -0.274. The quantitative estimate of drug-likeness (QED) is 0.262. The fourth-order valence-corrected chi connectivity index (χ4v) is 2.70. The predicted octanol–water partition coefficient (Wildman–Crippen LogP) is 3.99. The number of nitrogens with zero attached hydrogens (tertiary/aromatic N) is 2. The molecule has 156 valence electrons. The van der Waals surface area contributed by atoms with E-state index in [9.17, 15) is 13.2 Å². The highest BCUT2D eigenvalue weighted by Gasteiger charge is 2.31. The highest BCUT2D eigenvalue weighted by Crippen LogP contribution is 2.26. The minimum absolute atomic E-state index is 0. The molecule has 0 amide bonds. The maximum Gasteiger partial charge on any atom is 0.573 e. The van der Waals surface area contributed by atoms with E-state index >= 15 is 0 Å². The SMILES string of the molecule is CN=C(NCCc1nc2ccccc2[nH]1)NCc1ccccc1OC(F)(F)F.I. The average Bonchev–Trinajstić information content (AvgIpc) is 3.07. The summed E-state index contributed by atoms with van der Waals surface area (Å²) in [5.41, 5.74) is 2.25. The monoisotopic (exact) mass is 519 g/mol. The number of benzene rings is 2. The van der Waals surface area contributed by atoms with Crippen LogP contribution in [-0.4, -0.2) is 35.9 Å². The van der Waals surface area contributed by atoms with Gasteiger partial charge < -0.3 is 20.4 Å². The largest absolute Gasteiger partial charge is 0.573 e. The van der Waals surface area contributed by atoms with Crippen molar-refractivity contribution >= 4 is 41.0 Å². The van der Waals surface area contributed by atoms with Gasteiger partial charge in [0.15, 0.2) is 5.96 Å². The summed E-state index contributed by atoms with van der Waals surface area (Å²) in [6, 6.07) is 13.7. The third kappa shape index (κ3) is 6.80. The van der Waals surface area contributed by atoms with Gasteiger partial charge >= 0.3 is 6.36 Å². The molecule has 3 N–H and O–H groups in total. The molecule has 0 spiro atoms. The molecule has 2 aromatic carbocycles. The summed E-state index contributed by atoms with van der Waals surface area (Å²) in [5, 5.41) is 6.10. The molecule has 29 heavy (non-hydrogen) atoms. The van der Waals surface area contributed by atoms with Gasteiger partial charge in [-0.2, -0.15) is 0 Å². The molecule has 3 aromatic rings. The zero-order valence-corrected chi connectivity index (χ0v) is 17.9. The summed E-state index contributed by atoms with van der Waals surface area (Å²) < 4.78 is 41.6. The van der Waals surface area contributed by atoms with Crippen LogP contribution in [0.1, 0.15) is 11.4 Å². The van der Waals surface area contributed by atoms with E-state index in [2.05, 4.69) is 30.3 Å². The lowest BCUT2D eigenvalue weighted by Crippen LogP contribution is -2.38. The number of fused-ring (bicyclic) bond motifs is 1. The molecule has 0 fully saturated rings. The van der Waals surface area contributed by atoms with Crippen LogP contribution >= 0.6 is 24.0 Å². The molecule has 0 aliphatic carbocycles. The second-order valence-corrected chi connectivity index (χ2v) is 5.96.